The number of amides is 1. The van der Waals surface area contributed by atoms with Gasteiger partial charge < -0.3 is 20.0 Å². The van der Waals surface area contributed by atoms with Gasteiger partial charge in [-0.1, -0.05) is 13.8 Å². The van der Waals surface area contributed by atoms with Crippen molar-refractivity contribution >= 4 is 17.8 Å². The van der Waals surface area contributed by atoms with E-state index in [1.54, 1.807) is 13.8 Å². The molecule has 0 aromatic heterocycles. The number of alkyl halides is 3. The van der Waals surface area contributed by atoms with E-state index in [1.165, 1.54) is 5.32 Å². The first kappa shape index (κ1) is 17.2. The van der Waals surface area contributed by atoms with E-state index in [4.69, 9.17) is 0 Å². The Morgan fingerprint density at radius 3 is 2.16 bits per heavy atom. The van der Waals surface area contributed by atoms with Crippen molar-refractivity contribution in [1.82, 2.24) is 5.32 Å². The maximum atomic E-state index is 12.0. The molecule has 0 aromatic rings. The number of aliphatic carboxylic acids is 1. The molecule has 0 heterocycles. The Morgan fingerprint density at radius 2 is 1.79 bits per heavy atom. The summed E-state index contributed by atoms with van der Waals surface area (Å²) in [7, 11) is 0. The molecule has 1 N–H and O–H groups in total. The zero-order valence-corrected chi connectivity index (χ0v) is 10.2. The topological polar surface area (TPSA) is 95.5 Å². The normalized spacial score (nSPS) is 12.9. The Kier molecular flexibility index (Phi) is 6.30. The number of hydrogen-bond donors (Lipinski definition) is 1. The van der Waals surface area contributed by atoms with E-state index in [-0.39, 0.29) is 12.5 Å². The van der Waals surface area contributed by atoms with Crippen LogP contribution in [0, 0.1) is 5.92 Å². The molecule has 0 aromatic carbocycles. The summed E-state index contributed by atoms with van der Waals surface area (Å²) in [4.78, 5) is 32.3. The van der Waals surface area contributed by atoms with Crippen LogP contribution in [0.4, 0.5) is 13.2 Å². The summed E-state index contributed by atoms with van der Waals surface area (Å²) in [6, 6.07) is -1.93. The lowest BCUT2D eigenvalue weighted by Gasteiger charge is -2.19. The fourth-order valence-corrected chi connectivity index (χ4v) is 0.949. The molecular weight excluding hydrogens is 271 g/mol. The van der Waals surface area contributed by atoms with Gasteiger partial charge in [-0.25, -0.2) is 4.79 Å². The second-order valence-electron chi connectivity index (χ2n) is 4.12. The van der Waals surface area contributed by atoms with Crippen LogP contribution in [0.2, 0.25) is 0 Å². The minimum absolute atomic E-state index is 0.0918. The number of ether oxygens (including phenoxy) is 1. The zero-order chi connectivity index (χ0) is 15.2. The van der Waals surface area contributed by atoms with Crippen molar-refractivity contribution in [3.8, 4) is 0 Å². The van der Waals surface area contributed by atoms with Gasteiger partial charge in [-0.15, -0.1) is 0 Å². The third kappa shape index (κ3) is 7.27. The van der Waals surface area contributed by atoms with Crippen molar-refractivity contribution in [1.29, 1.82) is 0 Å². The Morgan fingerprint density at radius 1 is 1.26 bits per heavy atom. The van der Waals surface area contributed by atoms with Crippen LogP contribution in [0.3, 0.4) is 0 Å². The van der Waals surface area contributed by atoms with E-state index >= 15 is 0 Å². The van der Waals surface area contributed by atoms with E-state index in [9.17, 15) is 32.7 Å². The number of hydrogen-bond acceptors (Lipinski definition) is 5. The van der Waals surface area contributed by atoms with Crippen LogP contribution in [-0.4, -0.2) is 36.7 Å². The summed E-state index contributed by atoms with van der Waals surface area (Å²) in [5.74, 6) is -5.55. The summed E-state index contributed by atoms with van der Waals surface area (Å²) >= 11 is 0. The number of rotatable bonds is 6. The summed E-state index contributed by atoms with van der Waals surface area (Å²) in [6.45, 7) is 3.24. The molecule has 1 amide bonds. The summed E-state index contributed by atoms with van der Waals surface area (Å²) in [6.07, 6.45) is -6.32. The average molecular weight is 284 g/mol. The van der Waals surface area contributed by atoms with E-state index in [1.807, 2.05) is 0 Å². The van der Waals surface area contributed by atoms with Crippen molar-refractivity contribution in [2.75, 3.05) is 6.61 Å². The van der Waals surface area contributed by atoms with Gasteiger partial charge in [-0.3, -0.25) is 4.79 Å². The molecule has 9 heteroatoms. The molecule has 0 aliphatic heterocycles. The van der Waals surface area contributed by atoms with Crippen LogP contribution in [0.25, 0.3) is 0 Å². The predicted octanol–water partition coefficient (Wildman–Crippen LogP) is -0.627. The molecule has 0 aliphatic rings. The first-order valence-corrected chi connectivity index (χ1v) is 5.28. The largest absolute Gasteiger partial charge is 0.550 e. The highest BCUT2D eigenvalue weighted by Crippen LogP contribution is 2.15. The molecule has 0 saturated heterocycles. The minimum Gasteiger partial charge on any atom is -0.550 e. The van der Waals surface area contributed by atoms with Crippen LogP contribution in [0.15, 0.2) is 0 Å². The summed E-state index contributed by atoms with van der Waals surface area (Å²) < 4.78 is 40.6. The third-order valence-corrected chi connectivity index (χ3v) is 1.78. The lowest BCUT2D eigenvalue weighted by Crippen LogP contribution is -2.49. The molecule has 0 rings (SSSR count). The van der Waals surface area contributed by atoms with Crippen molar-refractivity contribution < 1.29 is 37.4 Å². The summed E-state index contributed by atoms with van der Waals surface area (Å²) in [5, 5.41) is 11.6. The van der Waals surface area contributed by atoms with Crippen LogP contribution in [0.5, 0.6) is 0 Å². The highest BCUT2D eigenvalue weighted by molar-refractivity contribution is 5.89. The Labute approximate surface area is 106 Å². The number of carbonyl (C=O) groups excluding carboxylic acids is 3. The van der Waals surface area contributed by atoms with Crippen molar-refractivity contribution in [3.05, 3.63) is 0 Å². The number of carbonyl (C=O) groups is 3. The third-order valence-electron chi connectivity index (χ3n) is 1.78. The van der Waals surface area contributed by atoms with Crippen molar-refractivity contribution in [2.24, 2.45) is 5.92 Å². The van der Waals surface area contributed by atoms with E-state index < -0.39 is 36.5 Å². The van der Waals surface area contributed by atoms with Crippen molar-refractivity contribution in [3.63, 3.8) is 0 Å². The van der Waals surface area contributed by atoms with Gasteiger partial charge in [0.05, 0.1) is 6.61 Å². The molecule has 0 bridgehead atoms. The predicted molar refractivity (Wildman–Crippen MR) is 53.4 cm³/mol. The average Bonchev–Trinajstić information content (AvgIpc) is 2.22. The van der Waals surface area contributed by atoms with Gasteiger partial charge in [0.1, 0.15) is 6.04 Å². The zero-order valence-electron chi connectivity index (χ0n) is 10.2. The second kappa shape index (κ2) is 6.95. The van der Waals surface area contributed by atoms with E-state index in [0.717, 1.165) is 0 Å². The summed E-state index contributed by atoms with van der Waals surface area (Å²) in [5.41, 5.74) is 0. The number of carboxylic acids is 1. The van der Waals surface area contributed by atoms with Crippen LogP contribution < -0.4 is 10.4 Å². The van der Waals surface area contributed by atoms with Gasteiger partial charge in [0.2, 0.25) is 0 Å². The SMILES string of the molecule is CC(C)COC(=O)C(CC(=O)[O-])NC(=O)C(F)(F)F. The molecule has 0 saturated carbocycles. The van der Waals surface area contributed by atoms with Gasteiger partial charge in [-0.05, 0) is 5.92 Å². The highest BCUT2D eigenvalue weighted by Gasteiger charge is 2.41. The van der Waals surface area contributed by atoms with Crippen LogP contribution >= 0.6 is 0 Å². The fraction of sp³-hybridized carbons (Fsp3) is 0.700. The van der Waals surface area contributed by atoms with E-state index in [0.29, 0.717) is 0 Å². The molecule has 0 spiro atoms. The lowest BCUT2D eigenvalue weighted by atomic mass is 10.2. The van der Waals surface area contributed by atoms with Gasteiger partial charge in [0.15, 0.2) is 0 Å². The Bertz CT molecular complexity index is 354. The number of esters is 1. The second-order valence-corrected chi connectivity index (χ2v) is 4.12. The van der Waals surface area contributed by atoms with E-state index in [2.05, 4.69) is 4.74 Å². The lowest BCUT2D eigenvalue weighted by molar-refractivity contribution is -0.306. The smallest absolute Gasteiger partial charge is 0.471 e. The van der Waals surface area contributed by atoms with Crippen LogP contribution in [-0.2, 0) is 19.1 Å². The first-order chi connectivity index (χ1) is 8.54. The van der Waals surface area contributed by atoms with Crippen LogP contribution in [0.1, 0.15) is 20.3 Å². The molecule has 6 nitrogen and oxygen atoms in total. The number of nitrogens with one attached hydrogen (secondary N) is 1. The molecule has 1 unspecified atom stereocenters. The quantitative estimate of drug-likeness (QED) is 0.655. The Balaban J connectivity index is 4.67. The van der Waals surface area contributed by atoms with Gasteiger partial charge in [0, 0.05) is 12.4 Å². The fourth-order valence-electron chi connectivity index (χ4n) is 0.949. The molecule has 0 aliphatic carbocycles. The molecule has 0 radical (unpaired) electrons. The first-order valence-electron chi connectivity index (χ1n) is 5.28. The number of carboxylic acid groups (broad SMARTS) is 1. The van der Waals surface area contributed by atoms with Gasteiger partial charge in [-0.2, -0.15) is 13.2 Å². The maximum absolute atomic E-state index is 12.0. The monoisotopic (exact) mass is 284 g/mol. The van der Waals surface area contributed by atoms with Gasteiger partial charge in [0.25, 0.3) is 0 Å². The molecule has 110 valence electrons. The van der Waals surface area contributed by atoms with Crippen molar-refractivity contribution in [2.45, 2.75) is 32.5 Å². The molecule has 0 fully saturated rings. The maximum Gasteiger partial charge on any atom is 0.471 e. The van der Waals surface area contributed by atoms with Gasteiger partial charge >= 0.3 is 18.1 Å². The minimum atomic E-state index is -5.22. The molecular formula is C10H13F3NO5-. The standard InChI is InChI=1S/C10H14F3NO5/c1-5(2)4-19-8(17)6(3-7(15)16)14-9(18)10(11,12)13/h5-6H,3-4H2,1-2H3,(H,14,18)(H,15,16)/p-1. The molecule has 19 heavy (non-hydrogen) atoms. The highest BCUT2D eigenvalue weighted by atomic mass is 19.4. The Hall–Kier alpha value is -1.80. The molecule has 1 atom stereocenters. The number of halogens is 3.